The molecule has 0 aliphatic rings. The Morgan fingerprint density at radius 3 is 2.28 bits per heavy atom. The van der Waals surface area contributed by atoms with Gasteiger partial charge in [-0.1, -0.05) is 24.3 Å². The van der Waals surface area contributed by atoms with Crippen LogP contribution in [0.15, 0.2) is 59.5 Å². The highest BCUT2D eigenvalue weighted by Crippen LogP contribution is 2.24. The number of carbonyl (C=O) groups is 1. The van der Waals surface area contributed by atoms with Gasteiger partial charge in [0.25, 0.3) is 5.91 Å². The monoisotopic (exact) mass is 414 g/mol. The molecule has 29 heavy (non-hydrogen) atoms. The Kier molecular flexibility index (Phi) is 5.61. The summed E-state index contributed by atoms with van der Waals surface area (Å²) in [6.45, 7) is 5.42. The Morgan fingerprint density at radius 1 is 1.07 bits per heavy atom. The first-order chi connectivity index (χ1) is 13.6. The molecule has 1 heterocycles. The Bertz CT molecular complexity index is 1170. The van der Waals surface area contributed by atoms with Crippen molar-refractivity contribution in [2.24, 2.45) is 0 Å². The SMILES string of the molecule is Cc1cc(C(=O)NC(C)c2ccc(S(C)(=O)=O)cc2)c(C)n1-c1ccccc1F. The van der Waals surface area contributed by atoms with Gasteiger partial charge in [-0.3, -0.25) is 4.79 Å². The van der Waals surface area contributed by atoms with Crippen LogP contribution in [0, 0.1) is 19.7 Å². The molecule has 1 amide bonds. The van der Waals surface area contributed by atoms with Crippen molar-refractivity contribution in [1.29, 1.82) is 0 Å². The molecule has 0 fully saturated rings. The van der Waals surface area contributed by atoms with E-state index in [9.17, 15) is 17.6 Å². The third-order valence-electron chi connectivity index (χ3n) is 4.92. The van der Waals surface area contributed by atoms with Gasteiger partial charge < -0.3 is 9.88 Å². The molecule has 3 rings (SSSR count). The minimum absolute atomic E-state index is 0.230. The van der Waals surface area contributed by atoms with E-state index in [2.05, 4.69) is 5.32 Å². The fraction of sp³-hybridized carbons (Fsp3) is 0.227. The first kappa shape index (κ1) is 20.8. The van der Waals surface area contributed by atoms with Gasteiger partial charge in [0.1, 0.15) is 5.82 Å². The van der Waals surface area contributed by atoms with E-state index in [4.69, 9.17) is 0 Å². The molecular weight excluding hydrogens is 391 g/mol. The molecule has 1 N–H and O–H groups in total. The van der Waals surface area contributed by atoms with Crippen molar-refractivity contribution in [3.05, 3.63) is 82.9 Å². The fourth-order valence-corrected chi connectivity index (χ4v) is 3.99. The highest BCUT2D eigenvalue weighted by Gasteiger charge is 2.20. The second kappa shape index (κ2) is 7.83. The van der Waals surface area contributed by atoms with Crippen molar-refractivity contribution >= 4 is 15.7 Å². The third-order valence-corrected chi connectivity index (χ3v) is 6.05. The largest absolute Gasteiger partial charge is 0.345 e. The molecule has 1 aromatic heterocycles. The second-order valence-electron chi connectivity index (χ2n) is 7.11. The maximum absolute atomic E-state index is 14.2. The zero-order valence-corrected chi connectivity index (χ0v) is 17.5. The number of halogens is 1. The van der Waals surface area contributed by atoms with E-state index in [-0.39, 0.29) is 22.7 Å². The number of carbonyl (C=O) groups excluding carboxylic acids is 1. The molecule has 0 saturated carbocycles. The van der Waals surface area contributed by atoms with E-state index in [1.165, 1.54) is 18.2 Å². The number of para-hydroxylation sites is 1. The molecule has 0 saturated heterocycles. The van der Waals surface area contributed by atoms with Crippen LogP contribution in [0.25, 0.3) is 5.69 Å². The van der Waals surface area contributed by atoms with Gasteiger partial charge >= 0.3 is 0 Å². The maximum Gasteiger partial charge on any atom is 0.253 e. The molecule has 2 aromatic carbocycles. The van der Waals surface area contributed by atoms with Gasteiger partial charge in [-0.2, -0.15) is 0 Å². The number of hydrogen-bond acceptors (Lipinski definition) is 3. The summed E-state index contributed by atoms with van der Waals surface area (Å²) < 4.78 is 39.1. The number of benzene rings is 2. The van der Waals surface area contributed by atoms with Crippen molar-refractivity contribution in [1.82, 2.24) is 9.88 Å². The van der Waals surface area contributed by atoms with Crippen molar-refractivity contribution < 1.29 is 17.6 Å². The van der Waals surface area contributed by atoms with Crippen LogP contribution < -0.4 is 5.32 Å². The lowest BCUT2D eigenvalue weighted by atomic mass is 10.1. The van der Waals surface area contributed by atoms with E-state index in [0.717, 1.165) is 17.5 Å². The Morgan fingerprint density at radius 2 is 1.69 bits per heavy atom. The van der Waals surface area contributed by atoms with E-state index in [1.807, 2.05) is 13.8 Å². The Balaban J connectivity index is 1.85. The average molecular weight is 415 g/mol. The summed E-state index contributed by atoms with van der Waals surface area (Å²) in [4.78, 5) is 13.1. The van der Waals surface area contributed by atoms with Crippen molar-refractivity contribution in [2.45, 2.75) is 31.7 Å². The summed E-state index contributed by atoms with van der Waals surface area (Å²) in [6, 6.07) is 14.3. The predicted octanol–water partition coefficient (Wildman–Crippen LogP) is 4.13. The van der Waals surface area contributed by atoms with E-state index < -0.39 is 9.84 Å². The van der Waals surface area contributed by atoms with Crippen LogP contribution in [-0.4, -0.2) is 25.1 Å². The van der Waals surface area contributed by atoms with Gasteiger partial charge in [-0.05, 0) is 56.7 Å². The molecule has 0 radical (unpaired) electrons. The topological polar surface area (TPSA) is 68.2 Å². The van der Waals surface area contributed by atoms with E-state index >= 15 is 0 Å². The smallest absolute Gasteiger partial charge is 0.253 e. The molecule has 152 valence electrons. The normalized spacial score (nSPS) is 12.6. The summed E-state index contributed by atoms with van der Waals surface area (Å²) in [5.41, 5.74) is 3.04. The van der Waals surface area contributed by atoms with Gasteiger partial charge in [0.15, 0.2) is 9.84 Å². The standard InChI is InChI=1S/C22H23FN2O3S/c1-14-13-19(16(3)25(14)21-8-6-5-7-20(21)23)22(26)24-15(2)17-9-11-18(12-10-17)29(4,27)28/h5-13,15H,1-4H3,(H,24,26). The van der Waals surface area contributed by atoms with Crippen LogP contribution in [0.2, 0.25) is 0 Å². The van der Waals surface area contributed by atoms with Crippen molar-refractivity contribution in [3.8, 4) is 5.69 Å². The number of amides is 1. The summed E-state index contributed by atoms with van der Waals surface area (Å²) >= 11 is 0. The van der Waals surface area contributed by atoms with Crippen molar-refractivity contribution in [3.63, 3.8) is 0 Å². The maximum atomic E-state index is 14.2. The van der Waals surface area contributed by atoms with Crippen LogP contribution in [0.3, 0.4) is 0 Å². The number of nitrogens with zero attached hydrogens (tertiary/aromatic N) is 1. The number of aromatic nitrogens is 1. The number of hydrogen-bond donors (Lipinski definition) is 1. The quantitative estimate of drug-likeness (QED) is 0.683. The van der Waals surface area contributed by atoms with Gasteiger partial charge in [0.2, 0.25) is 0 Å². The number of rotatable bonds is 5. The zero-order chi connectivity index (χ0) is 21.3. The first-order valence-corrected chi connectivity index (χ1v) is 11.0. The van der Waals surface area contributed by atoms with E-state index in [0.29, 0.717) is 16.9 Å². The molecule has 5 nitrogen and oxygen atoms in total. The van der Waals surface area contributed by atoms with Gasteiger partial charge in [0, 0.05) is 17.6 Å². The summed E-state index contributed by atoms with van der Waals surface area (Å²) in [6.07, 6.45) is 1.15. The molecule has 0 bridgehead atoms. The molecule has 3 aromatic rings. The molecule has 1 unspecified atom stereocenters. The Hall–Kier alpha value is -2.93. The average Bonchev–Trinajstić information content (AvgIpc) is 2.96. The Labute approximate surface area is 170 Å². The molecule has 0 aliphatic carbocycles. The fourth-order valence-electron chi connectivity index (χ4n) is 3.36. The predicted molar refractivity (Wildman–Crippen MR) is 111 cm³/mol. The lowest BCUT2D eigenvalue weighted by molar-refractivity contribution is 0.0939. The molecule has 0 spiro atoms. The van der Waals surface area contributed by atoms with Gasteiger partial charge in [-0.15, -0.1) is 0 Å². The minimum atomic E-state index is -3.27. The van der Waals surface area contributed by atoms with Gasteiger partial charge in [-0.25, -0.2) is 12.8 Å². The van der Waals surface area contributed by atoms with Crippen LogP contribution in [0.4, 0.5) is 4.39 Å². The highest BCUT2D eigenvalue weighted by molar-refractivity contribution is 7.90. The number of sulfone groups is 1. The van der Waals surface area contributed by atoms with Crippen LogP contribution >= 0.6 is 0 Å². The van der Waals surface area contributed by atoms with E-state index in [1.54, 1.807) is 47.9 Å². The number of aryl methyl sites for hydroxylation is 1. The molecule has 0 aliphatic heterocycles. The van der Waals surface area contributed by atoms with Gasteiger partial charge in [0.05, 0.1) is 22.2 Å². The molecule has 1 atom stereocenters. The first-order valence-electron chi connectivity index (χ1n) is 9.14. The summed E-state index contributed by atoms with van der Waals surface area (Å²) in [5, 5.41) is 2.92. The minimum Gasteiger partial charge on any atom is -0.345 e. The third kappa shape index (κ3) is 4.24. The van der Waals surface area contributed by atoms with Crippen LogP contribution in [-0.2, 0) is 9.84 Å². The summed E-state index contributed by atoms with van der Waals surface area (Å²) in [7, 11) is -3.27. The summed E-state index contributed by atoms with van der Waals surface area (Å²) in [5.74, 6) is -0.638. The number of nitrogens with one attached hydrogen (secondary N) is 1. The lowest BCUT2D eigenvalue weighted by Gasteiger charge is -2.15. The zero-order valence-electron chi connectivity index (χ0n) is 16.7. The molecule has 7 heteroatoms. The highest BCUT2D eigenvalue weighted by atomic mass is 32.2. The lowest BCUT2D eigenvalue weighted by Crippen LogP contribution is -2.27. The molecular formula is C22H23FN2O3S. The van der Waals surface area contributed by atoms with Crippen molar-refractivity contribution in [2.75, 3.05) is 6.26 Å². The van der Waals surface area contributed by atoms with Crippen LogP contribution in [0.5, 0.6) is 0 Å². The second-order valence-corrected chi connectivity index (χ2v) is 9.12. The van der Waals surface area contributed by atoms with Crippen LogP contribution in [0.1, 0.15) is 40.3 Å².